The predicted molar refractivity (Wildman–Crippen MR) is 142 cm³/mol. The van der Waals surface area contributed by atoms with Gasteiger partial charge in [-0.25, -0.2) is 4.52 Å². The summed E-state index contributed by atoms with van der Waals surface area (Å²) >= 11 is 0. The minimum absolute atomic E-state index is 0.174. The number of ether oxygens (including phenoxy) is 1. The van der Waals surface area contributed by atoms with Crippen LogP contribution in [0.3, 0.4) is 0 Å². The minimum Gasteiger partial charge on any atom is -0.497 e. The zero-order valence-electron chi connectivity index (χ0n) is 21.6. The highest BCUT2D eigenvalue weighted by molar-refractivity contribution is 5.97. The van der Waals surface area contributed by atoms with E-state index in [1.54, 1.807) is 11.6 Å². The van der Waals surface area contributed by atoms with E-state index in [1.165, 1.54) is 5.56 Å². The van der Waals surface area contributed by atoms with E-state index in [1.807, 2.05) is 56.6 Å². The fourth-order valence-electron chi connectivity index (χ4n) is 5.48. The number of hydrogen-bond donors (Lipinski definition) is 2. The maximum atomic E-state index is 13.8. The fourth-order valence-corrected chi connectivity index (χ4v) is 5.48. The molecule has 6 rings (SSSR count). The lowest BCUT2D eigenvalue weighted by atomic mass is 9.82. The largest absolute Gasteiger partial charge is 0.497 e. The van der Waals surface area contributed by atoms with Crippen molar-refractivity contribution in [2.45, 2.75) is 38.1 Å². The number of nitrogens with one attached hydrogen (secondary N) is 2. The van der Waals surface area contributed by atoms with Crippen molar-refractivity contribution in [1.29, 1.82) is 0 Å². The first kappa shape index (κ1) is 23.5. The molecule has 2 aliphatic rings. The van der Waals surface area contributed by atoms with Gasteiger partial charge < -0.3 is 19.9 Å². The van der Waals surface area contributed by atoms with Gasteiger partial charge in [0.15, 0.2) is 5.69 Å². The molecular weight excluding hydrogens is 466 g/mol. The second kappa shape index (κ2) is 8.59. The van der Waals surface area contributed by atoms with E-state index < -0.39 is 5.54 Å². The van der Waals surface area contributed by atoms with Crippen LogP contribution >= 0.6 is 0 Å². The van der Waals surface area contributed by atoms with Crippen LogP contribution in [-0.4, -0.2) is 52.7 Å². The van der Waals surface area contributed by atoms with Crippen LogP contribution in [0.4, 0.5) is 0 Å². The minimum atomic E-state index is -0.522. The number of likely N-dealkylation sites (tertiary alicyclic amines) is 1. The highest BCUT2D eigenvalue weighted by atomic mass is 16.5. The maximum absolute atomic E-state index is 13.8. The van der Waals surface area contributed by atoms with Gasteiger partial charge in [-0.05, 0) is 80.1 Å². The SMILES string of the molecule is COc1ccc(C2(NC(=O)c3nn4cc(-c5ccc(C)c(C)c5)[nH]c(=O)c4c3C3CC3)CN(C)C2)cc1. The van der Waals surface area contributed by atoms with Gasteiger partial charge in [0.1, 0.15) is 11.3 Å². The van der Waals surface area contributed by atoms with Crippen LogP contribution in [0.15, 0.2) is 53.5 Å². The summed E-state index contributed by atoms with van der Waals surface area (Å²) in [6, 6.07) is 13.9. The van der Waals surface area contributed by atoms with Crippen LogP contribution in [0.5, 0.6) is 5.75 Å². The van der Waals surface area contributed by atoms with Crippen LogP contribution in [-0.2, 0) is 5.54 Å². The number of aryl methyl sites for hydroxylation is 2. The van der Waals surface area contributed by atoms with Crippen molar-refractivity contribution in [1.82, 2.24) is 24.8 Å². The van der Waals surface area contributed by atoms with E-state index in [0.717, 1.165) is 40.8 Å². The molecule has 0 radical (unpaired) electrons. The summed E-state index contributed by atoms with van der Waals surface area (Å²) in [5.41, 5.74) is 5.75. The molecule has 0 spiro atoms. The number of H-pyrrole nitrogens is 1. The third-order valence-corrected chi connectivity index (χ3v) is 7.76. The topological polar surface area (TPSA) is 91.7 Å². The summed E-state index contributed by atoms with van der Waals surface area (Å²) in [7, 11) is 3.67. The van der Waals surface area contributed by atoms with Gasteiger partial charge in [-0.15, -0.1) is 0 Å². The molecule has 0 bridgehead atoms. The average molecular weight is 498 g/mol. The highest BCUT2D eigenvalue weighted by Gasteiger charge is 2.45. The first-order valence-corrected chi connectivity index (χ1v) is 12.7. The summed E-state index contributed by atoms with van der Waals surface area (Å²) < 4.78 is 6.91. The van der Waals surface area contributed by atoms with Gasteiger partial charge >= 0.3 is 0 Å². The number of rotatable bonds is 6. The number of benzene rings is 2. The molecule has 3 heterocycles. The fraction of sp³-hybridized carbons (Fsp3) is 0.345. The lowest BCUT2D eigenvalue weighted by molar-refractivity contribution is 0.0507. The molecule has 1 amide bonds. The van der Waals surface area contributed by atoms with Gasteiger partial charge in [-0.1, -0.05) is 24.3 Å². The van der Waals surface area contributed by atoms with Crippen LogP contribution in [0.25, 0.3) is 16.8 Å². The molecule has 190 valence electrons. The van der Waals surface area contributed by atoms with E-state index in [2.05, 4.69) is 28.2 Å². The van der Waals surface area contributed by atoms with Crippen LogP contribution in [0.2, 0.25) is 0 Å². The molecule has 1 aliphatic carbocycles. The van der Waals surface area contributed by atoms with Crippen molar-refractivity contribution < 1.29 is 9.53 Å². The molecule has 8 nitrogen and oxygen atoms in total. The van der Waals surface area contributed by atoms with Crippen molar-refractivity contribution in [2.24, 2.45) is 0 Å². The number of carbonyl (C=O) groups excluding carboxylic acids is 1. The van der Waals surface area contributed by atoms with Crippen molar-refractivity contribution in [3.05, 3.63) is 87.0 Å². The van der Waals surface area contributed by atoms with Gasteiger partial charge in [0, 0.05) is 18.7 Å². The molecule has 2 fully saturated rings. The maximum Gasteiger partial charge on any atom is 0.274 e. The molecule has 0 unspecified atom stereocenters. The predicted octanol–water partition coefficient (Wildman–Crippen LogP) is 3.76. The quantitative estimate of drug-likeness (QED) is 0.423. The Kier molecular flexibility index (Phi) is 5.45. The Morgan fingerprint density at radius 3 is 2.46 bits per heavy atom. The van der Waals surface area contributed by atoms with E-state index in [-0.39, 0.29) is 17.4 Å². The molecule has 1 saturated carbocycles. The van der Waals surface area contributed by atoms with Crippen LogP contribution in [0.1, 0.15) is 51.5 Å². The lowest BCUT2D eigenvalue weighted by Crippen LogP contribution is -2.66. The first-order chi connectivity index (χ1) is 17.8. The highest BCUT2D eigenvalue weighted by Crippen LogP contribution is 2.43. The Balaban J connectivity index is 1.40. The summed E-state index contributed by atoms with van der Waals surface area (Å²) in [4.78, 5) is 32.3. The van der Waals surface area contributed by atoms with Crippen LogP contribution < -0.4 is 15.6 Å². The zero-order valence-corrected chi connectivity index (χ0v) is 21.6. The first-order valence-electron chi connectivity index (χ1n) is 12.7. The van der Waals surface area contributed by atoms with E-state index in [0.29, 0.717) is 30.0 Å². The average Bonchev–Trinajstić information content (AvgIpc) is 3.63. The molecule has 37 heavy (non-hydrogen) atoms. The molecular formula is C29H31N5O3. The molecule has 0 atom stereocenters. The van der Waals surface area contributed by atoms with Gasteiger partial charge in [-0.2, -0.15) is 5.10 Å². The van der Waals surface area contributed by atoms with Crippen molar-refractivity contribution in [3.8, 4) is 17.0 Å². The standard InChI is InChI=1S/C29H31N5O3/c1-17-5-6-20(13-18(17)2)23-14-34-26(28(36)30-23)24(19-7-8-19)25(32-34)27(35)31-29(15-33(3)16-29)21-9-11-22(37-4)12-10-21/h5-6,9-14,19H,7-8,15-16H2,1-4H3,(H,30,36)(H,31,35). The number of nitrogens with zero attached hydrogens (tertiary/aromatic N) is 3. The van der Waals surface area contributed by atoms with Gasteiger partial charge in [0.2, 0.25) is 0 Å². The number of hydrogen-bond acceptors (Lipinski definition) is 5. The van der Waals surface area contributed by atoms with Crippen LogP contribution in [0, 0.1) is 13.8 Å². The second-order valence-electron chi connectivity index (χ2n) is 10.6. The Morgan fingerprint density at radius 2 is 1.84 bits per heavy atom. The molecule has 1 saturated heterocycles. The second-order valence-corrected chi connectivity index (χ2v) is 10.6. The molecule has 2 N–H and O–H groups in total. The Bertz CT molecular complexity index is 1570. The van der Waals surface area contributed by atoms with E-state index in [9.17, 15) is 9.59 Å². The Labute approximate surface area is 215 Å². The third-order valence-electron chi connectivity index (χ3n) is 7.76. The molecule has 1 aliphatic heterocycles. The van der Waals surface area contributed by atoms with Gasteiger partial charge in [0.05, 0.1) is 24.5 Å². The summed E-state index contributed by atoms with van der Waals surface area (Å²) in [5.74, 6) is 0.697. The van der Waals surface area contributed by atoms with Crippen molar-refractivity contribution in [2.75, 3.05) is 27.2 Å². The molecule has 8 heteroatoms. The van der Waals surface area contributed by atoms with Crippen molar-refractivity contribution in [3.63, 3.8) is 0 Å². The number of aromatic amines is 1. The van der Waals surface area contributed by atoms with Crippen molar-refractivity contribution >= 4 is 11.4 Å². The number of methoxy groups -OCH3 is 1. The molecule has 4 aromatic rings. The molecule has 2 aromatic heterocycles. The Morgan fingerprint density at radius 1 is 1.11 bits per heavy atom. The third kappa shape index (κ3) is 4.01. The summed E-state index contributed by atoms with van der Waals surface area (Å²) in [6.07, 6.45) is 3.72. The number of amides is 1. The number of carbonyl (C=O) groups is 1. The van der Waals surface area contributed by atoms with Gasteiger partial charge in [-0.3, -0.25) is 9.59 Å². The zero-order chi connectivity index (χ0) is 25.9. The van der Waals surface area contributed by atoms with E-state index in [4.69, 9.17) is 9.84 Å². The normalized spacial score (nSPS) is 17.0. The summed E-state index contributed by atoms with van der Waals surface area (Å²) in [5, 5.41) is 7.98. The van der Waals surface area contributed by atoms with E-state index >= 15 is 0 Å². The number of fused-ring (bicyclic) bond motifs is 1. The number of likely N-dealkylation sites (N-methyl/N-ethyl adjacent to an activating group) is 1. The molecule has 2 aromatic carbocycles. The smallest absolute Gasteiger partial charge is 0.274 e. The monoisotopic (exact) mass is 497 g/mol. The Hall–Kier alpha value is -3.91. The number of aromatic nitrogens is 3. The van der Waals surface area contributed by atoms with Gasteiger partial charge in [0.25, 0.3) is 11.5 Å². The lowest BCUT2D eigenvalue weighted by Gasteiger charge is -2.49. The summed E-state index contributed by atoms with van der Waals surface area (Å²) in [6.45, 7) is 5.49.